The molecule has 2 aromatic carbocycles. The SMILES string of the molecule is CCOC(=O)c1c(COC(=O)c2cc(OC)c(OC)c(OC)c2)nc2ccc(OC)cc2[n+]1[O-]. The molecular formula is C23H24N2O9. The standard InChI is InChI=1S/C23H24N2O9/c1-6-33-23(27)20-16(24-15-8-7-14(29-2)11-17(15)25(20)28)12-34-22(26)13-9-18(30-3)21(32-5)19(10-13)31-4/h7-11H,6,12H2,1-5H3. The monoisotopic (exact) mass is 472 g/mol. The van der Waals surface area contributed by atoms with E-state index in [0.717, 1.165) is 0 Å². The first-order valence-electron chi connectivity index (χ1n) is 10.1. The van der Waals surface area contributed by atoms with Crippen LogP contribution in [0.1, 0.15) is 33.5 Å². The molecule has 0 fully saturated rings. The van der Waals surface area contributed by atoms with E-state index in [1.165, 1.54) is 46.6 Å². The number of benzene rings is 2. The maximum atomic E-state index is 13.0. The first-order chi connectivity index (χ1) is 16.4. The molecule has 0 N–H and O–H groups in total. The number of carbonyl (C=O) groups is 2. The number of esters is 2. The molecule has 11 nitrogen and oxygen atoms in total. The van der Waals surface area contributed by atoms with E-state index in [9.17, 15) is 14.8 Å². The van der Waals surface area contributed by atoms with Crippen LogP contribution in [0.25, 0.3) is 11.0 Å². The second-order valence-electron chi connectivity index (χ2n) is 6.77. The summed E-state index contributed by atoms with van der Waals surface area (Å²) in [7, 11) is 5.72. The Kier molecular flexibility index (Phi) is 7.57. The Balaban J connectivity index is 1.99. The summed E-state index contributed by atoms with van der Waals surface area (Å²) >= 11 is 0. The Morgan fingerprint density at radius 2 is 1.59 bits per heavy atom. The van der Waals surface area contributed by atoms with E-state index in [2.05, 4.69) is 4.98 Å². The molecule has 0 saturated heterocycles. The second kappa shape index (κ2) is 10.6. The smallest absolute Gasteiger partial charge is 0.407 e. The van der Waals surface area contributed by atoms with Gasteiger partial charge in [-0.2, -0.15) is 4.73 Å². The number of hydrogen-bond donors (Lipinski definition) is 0. The van der Waals surface area contributed by atoms with Crippen molar-refractivity contribution in [2.45, 2.75) is 13.5 Å². The van der Waals surface area contributed by atoms with E-state index in [1.54, 1.807) is 19.1 Å². The van der Waals surface area contributed by atoms with Gasteiger partial charge in [-0.3, -0.25) is 0 Å². The third-order valence-electron chi connectivity index (χ3n) is 4.84. The number of methoxy groups -OCH3 is 4. The molecule has 0 aliphatic heterocycles. The van der Waals surface area contributed by atoms with Gasteiger partial charge < -0.3 is 33.6 Å². The predicted molar refractivity (Wildman–Crippen MR) is 118 cm³/mol. The van der Waals surface area contributed by atoms with Crippen molar-refractivity contribution in [3.05, 3.63) is 52.5 Å². The first-order valence-corrected chi connectivity index (χ1v) is 10.1. The van der Waals surface area contributed by atoms with E-state index < -0.39 is 18.5 Å². The summed E-state index contributed by atoms with van der Waals surface area (Å²) in [6, 6.07) is 7.46. The van der Waals surface area contributed by atoms with Crippen LogP contribution in [0, 0.1) is 5.21 Å². The average Bonchev–Trinajstić information content (AvgIpc) is 2.86. The zero-order valence-electron chi connectivity index (χ0n) is 19.4. The normalized spacial score (nSPS) is 10.5. The molecule has 0 radical (unpaired) electrons. The van der Waals surface area contributed by atoms with Gasteiger partial charge in [0.25, 0.3) is 0 Å². The van der Waals surface area contributed by atoms with Gasteiger partial charge in [0.15, 0.2) is 17.2 Å². The van der Waals surface area contributed by atoms with Crippen molar-refractivity contribution in [1.29, 1.82) is 0 Å². The predicted octanol–water partition coefficient (Wildman–Crippen LogP) is 2.44. The number of rotatable bonds is 9. The highest BCUT2D eigenvalue weighted by Gasteiger charge is 2.29. The number of fused-ring (bicyclic) bond motifs is 1. The largest absolute Gasteiger partial charge is 0.618 e. The molecule has 1 heterocycles. The highest BCUT2D eigenvalue weighted by molar-refractivity contribution is 5.92. The molecule has 0 bridgehead atoms. The van der Waals surface area contributed by atoms with E-state index in [1.807, 2.05) is 0 Å². The lowest BCUT2D eigenvalue weighted by atomic mass is 10.2. The van der Waals surface area contributed by atoms with Crippen molar-refractivity contribution in [2.75, 3.05) is 35.0 Å². The molecule has 11 heteroatoms. The highest BCUT2D eigenvalue weighted by Crippen LogP contribution is 2.38. The summed E-state index contributed by atoms with van der Waals surface area (Å²) in [6.07, 6.45) is 0. The fourth-order valence-electron chi connectivity index (χ4n) is 3.24. The lowest BCUT2D eigenvalue weighted by Crippen LogP contribution is -2.39. The number of nitrogens with zero attached hydrogens (tertiary/aromatic N) is 2. The third-order valence-corrected chi connectivity index (χ3v) is 4.84. The lowest BCUT2D eigenvalue weighted by Gasteiger charge is -2.14. The quantitative estimate of drug-likeness (QED) is 0.260. The maximum absolute atomic E-state index is 13.0. The van der Waals surface area contributed by atoms with Crippen molar-refractivity contribution in [2.24, 2.45) is 0 Å². The lowest BCUT2D eigenvalue weighted by molar-refractivity contribution is -0.581. The number of aromatic nitrogens is 2. The van der Waals surface area contributed by atoms with Gasteiger partial charge in [-0.15, -0.1) is 0 Å². The van der Waals surface area contributed by atoms with Crippen molar-refractivity contribution in [3.8, 4) is 23.0 Å². The zero-order chi connectivity index (χ0) is 24.8. The minimum atomic E-state index is -0.895. The van der Waals surface area contributed by atoms with Crippen LogP contribution in [0.4, 0.5) is 0 Å². The third kappa shape index (κ3) is 4.72. The van der Waals surface area contributed by atoms with E-state index in [-0.39, 0.29) is 46.1 Å². The Bertz CT molecular complexity index is 1200. The summed E-state index contributed by atoms with van der Waals surface area (Å²) < 4.78 is 31.7. The summed E-state index contributed by atoms with van der Waals surface area (Å²) in [4.78, 5) is 29.7. The summed E-state index contributed by atoms with van der Waals surface area (Å²) in [5.41, 5.74) is 0.0321. The van der Waals surface area contributed by atoms with Gasteiger partial charge in [-0.25, -0.2) is 14.6 Å². The maximum Gasteiger partial charge on any atom is 0.407 e. The van der Waals surface area contributed by atoms with Gasteiger partial charge >= 0.3 is 17.6 Å². The minimum Gasteiger partial charge on any atom is -0.618 e. The molecule has 1 aromatic heterocycles. The molecule has 0 unspecified atom stereocenters. The molecule has 0 amide bonds. The van der Waals surface area contributed by atoms with Crippen LogP contribution >= 0.6 is 0 Å². The van der Waals surface area contributed by atoms with Crippen LogP contribution in [0.15, 0.2) is 30.3 Å². The zero-order valence-corrected chi connectivity index (χ0v) is 19.4. The molecule has 0 aliphatic carbocycles. The molecule has 34 heavy (non-hydrogen) atoms. The van der Waals surface area contributed by atoms with Crippen LogP contribution in [-0.4, -0.2) is 52.0 Å². The van der Waals surface area contributed by atoms with Crippen LogP contribution in [-0.2, 0) is 16.1 Å². The molecule has 0 spiro atoms. The van der Waals surface area contributed by atoms with Crippen molar-refractivity contribution in [3.63, 3.8) is 0 Å². The number of hydrogen-bond acceptors (Lipinski definition) is 10. The van der Waals surface area contributed by atoms with Crippen molar-refractivity contribution < 1.29 is 42.7 Å². The van der Waals surface area contributed by atoms with Gasteiger partial charge in [0.2, 0.25) is 11.3 Å². The second-order valence-corrected chi connectivity index (χ2v) is 6.77. The molecular weight excluding hydrogens is 448 g/mol. The highest BCUT2D eigenvalue weighted by atomic mass is 16.5. The van der Waals surface area contributed by atoms with Gasteiger partial charge in [-0.1, -0.05) is 0 Å². The van der Waals surface area contributed by atoms with E-state index in [4.69, 9.17) is 28.4 Å². The van der Waals surface area contributed by atoms with E-state index in [0.29, 0.717) is 16.2 Å². The van der Waals surface area contributed by atoms with Crippen molar-refractivity contribution in [1.82, 2.24) is 4.98 Å². The van der Waals surface area contributed by atoms with Gasteiger partial charge in [0.1, 0.15) is 17.9 Å². The first kappa shape index (κ1) is 24.4. The van der Waals surface area contributed by atoms with Crippen LogP contribution < -0.4 is 23.7 Å². The summed E-state index contributed by atoms with van der Waals surface area (Å²) in [5, 5.41) is 13.0. The van der Waals surface area contributed by atoms with Crippen LogP contribution in [0.2, 0.25) is 0 Å². The average molecular weight is 472 g/mol. The topological polar surface area (TPSA) is 129 Å². The molecule has 0 aliphatic rings. The Hall–Kier alpha value is -4.28. The molecule has 3 aromatic rings. The van der Waals surface area contributed by atoms with Crippen molar-refractivity contribution >= 4 is 23.0 Å². The Morgan fingerprint density at radius 3 is 2.15 bits per heavy atom. The fraction of sp³-hybridized carbons (Fsp3) is 0.304. The molecule has 0 atom stereocenters. The van der Waals surface area contributed by atoms with Gasteiger partial charge in [0, 0.05) is 0 Å². The molecule has 3 rings (SSSR count). The summed E-state index contributed by atoms with van der Waals surface area (Å²) in [6.45, 7) is 1.18. The van der Waals surface area contributed by atoms with Gasteiger partial charge in [0.05, 0.1) is 46.7 Å². The number of ether oxygens (including phenoxy) is 6. The minimum absolute atomic E-state index is 0.0413. The molecule has 180 valence electrons. The fourth-order valence-corrected chi connectivity index (χ4v) is 3.24. The van der Waals surface area contributed by atoms with Gasteiger partial charge in [-0.05, 0) is 31.2 Å². The van der Waals surface area contributed by atoms with Crippen LogP contribution in [0.5, 0.6) is 23.0 Å². The van der Waals surface area contributed by atoms with E-state index >= 15 is 0 Å². The molecule has 0 saturated carbocycles. The number of carbonyl (C=O) groups excluding carboxylic acids is 2. The Morgan fingerprint density at radius 1 is 0.912 bits per heavy atom. The Labute approximate surface area is 195 Å². The summed E-state index contributed by atoms with van der Waals surface area (Å²) in [5.74, 6) is -0.412. The van der Waals surface area contributed by atoms with Crippen LogP contribution in [0.3, 0.4) is 0 Å².